The van der Waals surface area contributed by atoms with Crippen LogP contribution in [-0.2, 0) is 13.1 Å². The zero-order chi connectivity index (χ0) is 35.0. The normalized spacial score (nSPS) is 13.1. The van der Waals surface area contributed by atoms with Crippen LogP contribution in [0.25, 0.3) is 0 Å². The highest BCUT2D eigenvalue weighted by molar-refractivity contribution is 9.09. The third-order valence-corrected chi connectivity index (χ3v) is 8.81. The smallest absolute Gasteiger partial charge is 0.261 e. The summed E-state index contributed by atoms with van der Waals surface area (Å²) in [6, 6.07) is 34.8. The number of hydrogen-bond acceptors (Lipinski definition) is 6. The van der Waals surface area contributed by atoms with Gasteiger partial charge in [0.15, 0.2) is 0 Å². The average Bonchev–Trinajstić information content (AvgIpc) is 3.54. The second kappa shape index (κ2) is 19.5. The van der Waals surface area contributed by atoms with Crippen LogP contribution in [-0.4, -0.2) is 76.4 Å². The van der Waals surface area contributed by atoms with Gasteiger partial charge in [0.05, 0.1) is 22.3 Å². The fourth-order valence-corrected chi connectivity index (χ4v) is 5.86. The molecule has 0 fully saturated rings. The van der Waals surface area contributed by atoms with Crippen molar-refractivity contribution in [1.29, 1.82) is 0 Å². The zero-order valence-electron chi connectivity index (χ0n) is 28.3. The minimum absolute atomic E-state index is 0.165. The van der Waals surface area contributed by atoms with Crippen molar-refractivity contribution >= 4 is 39.6 Å². The molecule has 0 radical (unpaired) electrons. The lowest BCUT2D eigenvalue weighted by molar-refractivity contribution is 0.0635. The summed E-state index contributed by atoms with van der Waals surface area (Å²) in [6.07, 6.45) is 1.57. The number of hydrogen-bond donors (Lipinski definition) is 1. The molecular formula is C40H45BrN4O4. The molecule has 0 atom stereocenters. The number of carbonyl (C=O) groups excluding carboxylic acids is 4. The first-order chi connectivity index (χ1) is 23.9. The SMILES string of the molecule is CCN(CCCN1C(=O)c2ccccc2C1=O)Cc1ccccc1.CCNCc1ccccc1.O=C1c2ccccc2C(=O)N1CCCBr. The van der Waals surface area contributed by atoms with Gasteiger partial charge in [-0.1, -0.05) is 115 Å². The summed E-state index contributed by atoms with van der Waals surface area (Å²) >= 11 is 3.28. The van der Waals surface area contributed by atoms with Gasteiger partial charge in [0.25, 0.3) is 23.6 Å². The minimum Gasteiger partial charge on any atom is -0.313 e. The van der Waals surface area contributed by atoms with E-state index in [9.17, 15) is 19.2 Å². The molecule has 2 aliphatic rings. The second-order valence-corrected chi connectivity index (χ2v) is 12.4. The quantitative estimate of drug-likeness (QED) is 0.117. The van der Waals surface area contributed by atoms with E-state index in [4.69, 9.17) is 0 Å². The Hall–Kier alpha value is -4.44. The predicted octanol–water partition coefficient (Wildman–Crippen LogP) is 7.06. The summed E-state index contributed by atoms with van der Waals surface area (Å²) in [5.74, 6) is -0.670. The van der Waals surface area contributed by atoms with Crippen LogP contribution in [0.5, 0.6) is 0 Å². The van der Waals surface area contributed by atoms with E-state index in [1.54, 1.807) is 48.5 Å². The Kier molecular flexibility index (Phi) is 14.9. The predicted molar refractivity (Wildman–Crippen MR) is 198 cm³/mol. The molecule has 0 aliphatic carbocycles. The van der Waals surface area contributed by atoms with Crippen LogP contribution >= 0.6 is 15.9 Å². The van der Waals surface area contributed by atoms with E-state index in [1.807, 2.05) is 24.3 Å². The maximum absolute atomic E-state index is 12.3. The number of carbonyl (C=O) groups is 4. The largest absolute Gasteiger partial charge is 0.313 e. The van der Waals surface area contributed by atoms with Gasteiger partial charge in [0, 0.05) is 38.1 Å². The molecule has 4 amide bonds. The van der Waals surface area contributed by atoms with Crippen LogP contribution in [0.4, 0.5) is 0 Å². The number of benzene rings is 4. The molecular weight excluding hydrogens is 680 g/mol. The van der Waals surface area contributed by atoms with Crippen molar-refractivity contribution in [2.24, 2.45) is 0 Å². The van der Waals surface area contributed by atoms with Gasteiger partial charge in [-0.2, -0.15) is 0 Å². The van der Waals surface area contributed by atoms with Gasteiger partial charge in [-0.15, -0.1) is 0 Å². The molecule has 256 valence electrons. The lowest BCUT2D eigenvalue weighted by atomic mass is 10.1. The van der Waals surface area contributed by atoms with E-state index in [0.29, 0.717) is 35.3 Å². The summed E-state index contributed by atoms with van der Waals surface area (Å²) in [6.45, 7) is 9.91. The highest BCUT2D eigenvalue weighted by Crippen LogP contribution is 2.23. The van der Waals surface area contributed by atoms with Crippen molar-refractivity contribution in [1.82, 2.24) is 20.0 Å². The molecule has 8 nitrogen and oxygen atoms in total. The molecule has 0 unspecified atom stereocenters. The fourth-order valence-electron chi connectivity index (χ4n) is 5.61. The molecule has 0 saturated carbocycles. The minimum atomic E-state index is -0.170. The monoisotopic (exact) mass is 724 g/mol. The van der Waals surface area contributed by atoms with Gasteiger partial charge in [-0.05, 0) is 61.3 Å². The number of amides is 4. The molecule has 9 heteroatoms. The second-order valence-electron chi connectivity index (χ2n) is 11.6. The Morgan fingerprint density at radius 3 is 1.39 bits per heavy atom. The Bertz CT molecular complexity index is 1610. The third-order valence-electron chi connectivity index (χ3n) is 8.25. The van der Waals surface area contributed by atoms with E-state index in [-0.39, 0.29) is 23.6 Å². The van der Waals surface area contributed by atoms with Crippen LogP contribution in [0.3, 0.4) is 0 Å². The molecule has 0 spiro atoms. The van der Waals surface area contributed by atoms with Crippen molar-refractivity contribution in [3.63, 3.8) is 0 Å². The molecule has 2 heterocycles. The van der Waals surface area contributed by atoms with Crippen molar-refractivity contribution < 1.29 is 19.2 Å². The number of nitrogens with one attached hydrogen (secondary N) is 1. The van der Waals surface area contributed by atoms with Crippen molar-refractivity contribution in [3.05, 3.63) is 143 Å². The molecule has 2 aliphatic heterocycles. The van der Waals surface area contributed by atoms with Crippen LogP contribution < -0.4 is 5.32 Å². The first-order valence-electron chi connectivity index (χ1n) is 16.9. The molecule has 0 aromatic heterocycles. The van der Waals surface area contributed by atoms with Crippen molar-refractivity contribution in [2.75, 3.05) is 38.1 Å². The lowest BCUT2D eigenvalue weighted by Crippen LogP contribution is -2.33. The summed E-state index contributed by atoms with van der Waals surface area (Å²) in [5, 5.41) is 4.06. The van der Waals surface area contributed by atoms with Crippen LogP contribution in [0, 0.1) is 0 Å². The first-order valence-corrected chi connectivity index (χ1v) is 18.0. The van der Waals surface area contributed by atoms with E-state index in [1.165, 1.54) is 20.9 Å². The van der Waals surface area contributed by atoms with E-state index in [2.05, 4.69) is 76.4 Å². The fraction of sp³-hybridized carbons (Fsp3) is 0.300. The summed E-state index contributed by atoms with van der Waals surface area (Å²) in [7, 11) is 0. The first kappa shape index (κ1) is 37.4. The summed E-state index contributed by atoms with van der Waals surface area (Å²) < 4.78 is 0. The molecule has 4 aromatic carbocycles. The highest BCUT2D eigenvalue weighted by atomic mass is 79.9. The van der Waals surface area contributed by atoms with Crippen molar-refractivity contribution in [3.8, 4) is 0 Å². The maximum atomic E-state index is 12.3. The van der Waals surface area contributed by atoms with Gasteiger partial charge in [0.1, 0.15) is 0 Å². The van der Waals surface area contributed by atoms with E-state index < -0.39 is 0 Å². The molecule has 49 heavy (non-hydrogen) atoms. The number of nitrogens with zero attached hydrogens (tertiary/aromatic N) is 3. The number of fused-ring (bicyclic) bond motifs is 2. The Morgan fingerprint density at radius 2 is 0.980 bits per heavy atom. The number of imide groups is 2. The average molecular weight is 726 g/mol. The van der Waals surface area contributed by atoms with Crippen LogP contribution in [0.15, 0.2) is 109 Å². The van der Waals surface area contributed by atoms with Gasteiger partial charge in [0.2, 0.25) is 0 Å². The van der Waals surface area contributed by atoms with Crippen LogP contribution in [0.1, 0.15) is 79.2 Å². The highest BCUT2D eigenvalue weighted by Gasteiger charge is 2.35. The molecule has 1 N–H and O–H groups in total. The Labute approximate surface area is 298 Å². The zero-order valence-corrected chi connectivity index (χ0v) is 29.9. The standard InChI is InChI=1S/C20H22N2O2.C11H10BrNO2.C9H13N/c1-2-21(15-16-9-4-3-5-10-16)13-8-14-22-19(23)17-11-6-7-12-18(17)20(22)24;12-6-3-7-13-10(14)8-4-1-2-5-9(8)11(13)15;1-2-10-8-9-6-4-3-5-7-9/h3-7,9-12H,2,8,13-15H2,1H3;1-2,4-5H,3,6-7H2;3-7,10H,2,8H2,1H3. The van der Waals surface area contributed by atoms with Gasteiger partial charge < -0.3 is 5.32 Å². The summed E-state index contributed by atoms with van der Waals surface area (Å²) in [5.41, 5.74) is 4.73. The van der Waals surface area contributed by atoms with Gasteiger partial charge in [-0.3, -0.25) is 33.9 Å². The topological polar surface area (TPSA) is 90.0 Å². The molecule has 0 saturated heterocycles. The maximum Gasteiger partial charge on any atom is 0.261 e. The van der Waals surface area contributed by atoms with Gasteiger partial charge in [-0.25, -0.2) is 0 Å². The van der Waals surface area contributed by atoms with Crippen LogP contribution in [0.2, 0.25) is 0 Å². The summed E-state index contributed by atoms with van der Waals surface area (Å²) in [4.78, 5) is 53.3. The Balaban J connectivity index is 0.000000184. The molecule has 0 bridgehead atoms. The number of alkyl halides is 1. The number of halogens is 1. The molecule has 4 aromatic rings. The van der Waals surface area contributed by atoms with E-state index in [0.717, 1.165) is 50.9 Å². The van der Waals surface area contributed by atoms with Crippen molar-refractivity contribution in [2.45, 2.75) is 39.8 Å². The van der Waals surface area contributed by atoms with E-state index >= 15 is 0 Å². The lowest BCUT2D eigenvalue weighted by Gasteiger charge is -2.22. The van der Waals surface area contributed by atoms with Gasteiger partial charge >= 0.3 is 0 Å². The molecule has 6 rings (SSSR count). The Morgan fingerprint density at radius 1 is 0.571 bits per heavy atom. The third kappa shape index (κ3) is 10.3. The number of rotatable bonds is 13.